The zero-order chi connectivity index (χ0) is 19.4. The number of hydrogen-bond acceptors (Lipinski definition) is 4. The van der Waals surface area contributed by atoms with Gasteiger partial charge in [0, 0.05) is 24.7 Å². The number of benzene rings is 1. The number of methoxy groups -OCH3 is 1. The smallest absolute Gasteiger partial charge is 0.258 e. The number of nitrogens with zero attached hydrogens (tertiary/aromatic N) is 2. The summed E-state index contributed by atoms with van der Waals surface area (Å²) >= 11 is 6.08. The Morgan fingerprint density at radius 2 is 2.04 bits per heavy atom. The number of nitrogens with one attached hydrogen (secondary N) is 1. The van der Waals surface area contributed by atoms with Crippen molar-refractivity contribution >= 4 is 23.4 Å². The Hall–Kier alpha value is -1.79. The van der Waals surface area contributed by atoms with Gasteiger partial charge < -0.3 is 19.9 Å². The summed E-state index contributed by atoms with van der Waals surface area (Å²) in [6.07, 6.45) is 3.69. The molecule has 2 heterocycles. The highest BCUT2D eigenvalue weighted by Gasteiger charge is 2.38. The van der Waals surface area contributed by atoms with Crippen LogP contribution in [0, 0.1) is 5.92 Å². The summed E-state index contributed by atoms with van der Waals surface area (Å²) in [4.78, 5) is 30.0. The molecule has 0 spiro atoms. The molecule has 2 amide bonds. The fraction of sp³-hybridized carbons (Fsp3) is 0.600. The summed E-state index contributed by atoms with van der Waals surface area (Å²) in [5.41, 5.74) is 0.413. The van der Waals surface area contributed by atoms with Gasteiger partial charge >= 0.3 is 0 Å². The van der Waals surface area contributed by atoms with Gasteiger partial charge in [-0.2, -0.15) is 0 Å². The van der Waals surface area contributed by atoms with Crippen molar-refractivity contribution in [2.45, 2.75) is 31.7 Å². The fourth-order valence-electron chi connectivity index (χ4n) is 4.20. The standard InChI is InChI=1S/C20H28ClN3O3/c1-22-12-14-5-3-9-23(13-14)20(26)17-6-4-10-24(17)19(25)16-11-15(21)7-8-18(16)27-2/h7-8,11,14,17,22H,3-6,9-10,12-13H2,1-2H3. The Kier molecular flexibility index (Phi) is 6.60. The minimum atomic E-state index is -0.394. The summed E-state index contributed by atoms with van der Waals surface area (Å²) in [6, 6.07) is 4.61. The average Bonchev–Trinajstić information content (AvgIpc) is 3.17. The number of hydrogen-bond donors (Lipinski definition) is 1. The lowest BCUT2D eigenvalue weighted by molar-refractivity contribution is -0.137. The molecule has 1 N–H and O–H groups in total. The van der Waals surface area contributed by atoms with Crippen molar-refractivity contribution in [2.24, 2.45) is 5.92 Å². The average molecular weight is 394 g/mol. The van der Waals surface area contributed by atoms with Crippen molar-refractivity contribution in [2.75, 3.05) is 40.3 Å². The van der Waals surface area contributed by atoms with E-state index >= 15 is 0 Å². The number of ether oxygens (including phenoxy) is 1. The van der Waals surface area contributed by atoms with E-state index in [0.29, 0.717) is 35.2 Å². The lowest BCUT2D eigenvalue weighted by atomic mass is 9.97. The highest BCUT2D eigenvalue weighted by atomic mass is 35.5. The third-order valence-corrected chi connectivity index (χ3v) is 5.75. The second kappa shape index (κ2) is 8.93. The molecule has 2 aliphatic heterocycles. The number of halogens is 1. The molecule has 27 heavy (non-hydrogen) atoms. The van der Waals surface area contributed by atoms with Gasteiger partial charge in [-0.1, -0.05) is 11.6 Å². The Labute approximate surface area is 165 Å². The number of rotatable bonds is 5. The number of carbonyl (C=O) groups is 2. The predicted molar refractivity (Wildman–Crippen MR) is 105 cm³/mol. The van der Waals surface area contributed by atoms with Crippen molar-refractivity contribution < 1.29 is 14.3 Å². The van der Waals surface area contributed by atoms with Gasteiger partial charge in [0.1, 0.15) is 11.8 Å². The lowest BCUT2D eigenvalue weighted by Crippen LogP contribution is -2.51. The zero-order valence-corrected chi connectivity index (χ0v) is 16.8. The second-order valence-corrected chi connectivity index (χ2v) is 7.79. The molecule has 0 saturated carbocycles. The molecule has 1 aromatic carbocycles. The van der Waals surface area contributed by atoms with Crippen LogP contribution in [-0.2, 0) is 4.79 Å². The molecule has 148 valence electrons. The Morgan fingerprint density at radius 1 is 1.26 bits per heavy atom. The molecule has 2 fully saturated rings. The minimum Gasteiger partial charge on any atom is -0.496 e. The summed E-state index contributed by atoms with van der Waals surface area (Å²) in [7, 11) is 3.47. The van der Waals surface area contributed by atoms with Crippen LogP contribution in [-0.4, -0.2) is 68.0 Å². The van der Waals surface area contributed by atoms with Crippen LogP contribution in [0.3, 0.4) is 0 Å². The van der Waals surface area contributed by atoms with E-state index in [0.717, 1.165) is 38.9 Å². The van der Waals surface area contributed by atoms with Crippen LogP contribution in [0.15, 0.2) is 18.2 Å². The van der Waals surface area contributed by atoms with Crippen molar-refractivity contribution in [3.63, 3.8) is 0 Å². The zero-order valence-electron chi connectivity index (χ0n) is 16.0. The largest absolute Gasteiger partial charge is 0.496 e. The molecule has 0 aliphatic carbocycles. The molecule has 2 atom stereocenters. The van der Waals surface area contributed by atoms with Crippen molar-refractivity contribution in [1.82, 2.24) is 15.1 Å². The van der Waals surface area contributed by atoms with Crippen LogP contribution in [0.5, 0.6) is 5.75 Å². The summed E-state index contributed by atoms with van der Waals surface area (Å²) in [5, 5.41) is 3.68. The van der Waals surface area contributed by atoms with Crippen LogP contribution in [0.1, 0.15) is 36.0 Å². The maximum Gasteiger partial charge on any atom is 0.258 e. The number of amides is 2. The van der Waals surface area contributed by atoms with E-state index in [-0.39, 0.29) is 11.8 Å². The predicted octanol–water partition coefficient (Wildman–Crippen LogP) is 2.41. The Morgan fingerprint density at radius 3 is 2.78 bits per heavy atom. The maximum absolute atomic E-state index is 13.2. The van der Waals surface area contributed by atoms with Crippen molar-refractivity contribution in [3.8, 4) is 5.75 Å². The second-order valence-electron chi connectivity index (χ2n) is 7.35. The van der Waals surface area contributed by atoms with Gasteiger partial charge in [-0.05, 0) is 63.4 Å². The molecule has 7 heteroatoms. The van der Waals surface area contributed by atoms with Gasteiger partial charge in [0.05, 0.1) is 12.7 Å². The highest BCUT2D eigenvalue weighted by molar-refractivity contribution is 6.31. The van der Waals surface area contributed by atoms with Crippen molar-refractivity contribution in [3.05, 3.63) is 28.8 Å². The summed E-state index contributed by atoms with van der Waals surface area (Å²) in [6.45, 7) is 3.03. The van der Waals surface area contributed by atoms with E-state index in [2.05, 4.69) is 5.32 Å². The maximum atomic E-state index is 13.2. The Balaban J connectivity index is 1.76. The van der Waals surface area contributed by atoms with Crippen LogP contribution < -0.4 is 10.1 Å². The highest BCUT2D eigenvalue weighted by Crippen LogP contribution is 2.29. The Bertz CT molecular complexity index is 695. The molecule has 0 aromatic heterocycles. The van der Waals surface area contributed by atoms with Crippen LogP contribution in [0.4, 0.5) is 0 Å². The molecule has 0 radical (unpaired) electrons. The fourth-order valence-corrected chi connectivity index (χ4v) is 4.37. The molecule has 6 nitrogen and oxygen atoms in total. The monoisotopic (exact) mass is 393 g/mol. The first-order valence-electron chi connectivity index (χ1n) is 9.63. The number of carbonyl (C=O) groups excluding carboxylic acids is 2. The SMILES string of the molecule is CNCC1CCCN(C(=O)C2CCCN2C(=O)c2cc(Cl)ccc2OC)C1. The summed E-state index contributed by atoms with van der Waals surface area (Å²) < 4.78 is 5.33. The topological polar surface area (TPSA) is 61.9 Å². The summed E-state index contributed by atoms with van der Waals surface area (Å²) in [5.74, 6) is 0.845. The van der Waals surface area contributed by atoms with Gasteiger partial charge in [0.2, 0.25) is 5.91 Å². The number of likely N-dealkylation sites (tertiary alicyclic amines) is 2. The third kappa shape index (κ3) is 4.38. The van der Waals surface area contributed by atoms with Gasteiger partial charge in [-0.3, -0.25) is 9.59 Å². The lowest BCUT2D eigenvalue weighted by Gasteiger charge is -2.36. The van der Waals surface area contributed by atoms with Crippen LogP contribution in [0.2, 0.25) is 5.02 Å². The van der Waals surface area contributed by atoms with E-state index in [1.165, 1.54) is 7.11 Å². The molecule has 3 rings (SSSR count). The normalized spacial score (nSPS) is 22.8. The van der Waals surface area contributed by atoms with Crippen LogP contribution in [0.25, 0.3) is 0 Å². The molecular weight excluding hydrogens is 366 g/mol. The molecule has 2 aliphatic rings. The quantitative estimate of drug-likeness (QED) is 0.834. The first kappa shape index (κ1) is 20.0. The minimum absolute atomic E-state index is 0.0719. The van der Waals surface area contributed by atoms with Gasteiger partial charge in [-0.25, -0.2) is 0 Å². The molecule has 1 aromatic rings. The van der Waals surface area contributed by atoms with Gasteiger partial charge in [-0.15, -0.1) is 0 Å². The van der Waals surface area contributed by atoms with Crippen LogP contribution >= 0.6 is 11.6 Å². The molecule has 2 saturated heterocycles. The first-order valence-corrected chi connectivity index (χ1v) is 10.0. The van der Waals surface area contributed by atoms with E-state index in [4.69, 9.17) is 16.3 Å². The number of piperidine rings is 1. The molecule has 0 bridgehead atoms. The molecule has 2 unspecified atom stereocenters. The van der Waals surface area contributed by atoms with E-state index < -0.39 is 6.04 Å². The first-order chi connectivity index (χ1) is 13.0. The van der Waals surface area contributed by atoms with E-state index in [1.807, 2.05) is 11.9 Å². The van der Waals surface area contributed by atoms with Gasteiger partial charge in [0.25, 0.3) is 5.91 Å². The van der Waals surface area contributed by atoms with Gasteiger partial charge in [0.15, 0.2) is 0 Å². The van der Waals surface area contributed by atoms with E-state index in [1.54, 1.807) is 23.1 Å². The third-order valence-electron chi connectivity index (χ3n) is 5.51. The van der Waals surface area contributed by atoms with E-state index in [9.17, 15) is 9.59 Å². The molecular formula is C20H28ClN3O3. The van der Waals surface area contributed by atoms with Crippen molar-refractivity contribution in [1.29, 1.82) is 0 Å².